The van der Waals surface area contributed by atoms with E-state index in [1.54, 1.807) is 18.2 Å². The van der Waals surface area contributed by atoms with Crippen LogP contribution in [0.5, 0.6) is 5.75 Å². The quantitative estimate of drug-likeness (QED) is 0.410. The van der Waals surface area contributed by atoms with Crippen LogP contribution in [0.4, 0.5) is 5.69 Å². The minimum absolute atomic E-state index is 0.0965. The van der Waals surface area contributed by atoms with Gasteiger partial charge in [0.05, 0.1) is 5.70 Å². The van der Waals surface area contributed by atoms with Crippen LogP contribution < -0.4 is 26.6 Å². The summed E-state index contributed by atoms with van der Waals surface area (Å²) in [4.78, 5) is 13.6. The number of ether oxygens (including phenoxy) is 1. The number of amides is 1. The second-order valence-electron chi connectivity index (χ2n) is 6.18. The Morgan fingerprint density at radius 3 is 2.67 bits per heavy atom. The predicted molar refractivity (Wildman–Crippen MR) is 103 cm³/mol. The van der Waals surface area contributed by atoms with Crippen molar-refractivity contribution < 1.29 is 9.53 Å². The fourth-order valence-electron chi connectivity index (χ4n) is 2.93. The van der Waals surface area contributed by atoms with E-state index in [0.29, 0.717) is 24.3 Å². The second-order valence-corrected chi connectivity index (χ2v) is 6.18. The summed E-state index contributed by atoms with van der Waals surface area (Å²) in [6.07, 6.45) is 1.52. The van der Waals surface area contributed by atoms with E-state index in [2.05, 4.69) is 5.43 Å². The van der Waals surface area contributed by atoms with Crippen LogP contribution in [0.25, 0.3) is 5.70 Å². The largest absolute Gasteiger partial charge is 0.489 e. The highest BCUT2D eigenvalue weighted by Crippen LogP contribution is 2.23. The summed E-state index contributed by atoms with van der Waals surface area (Å²) in [7, 11) is 0. The fraction of sp³-hybridized carbons (Fsp3) is 0.200. The van der Waals surface area contributed by atoms with Crippen LogP contribution in [0.3, 0.4) is 0 Å². The molecule has 7 heteroatoms. The van der Waals surface area contributed by atoms with Gasteiger partial charge in [-0.2, -0.15) is 5.26 Å². The molecule has 1 aliphatic rings. The maximum atomic E-state index is 11.8. The van der Waals surface area contributed by atoms with Gasteiger partial charge in [0, 0.05) is 24.2 Å². The van der Waals surface area contributed by atoms with Gasteiger partial charge in [-0.15, -0.1) is 0 Å². The first-order valence-corrected chi connectivity index (χ1v) is 8.61. The molecule has 2 aromatic carbocycles. The van der Waals surface area contributed by atoms with Gasteiger partial charge in [0.25, 0.3) is 0 Å². The summed E-state index contributed by atoms with van der Waals surface area (Å²) in [6.45, 7) is 1.15. The van der Waals surface area contributed by atoms with E-state index >= 15 is 0 Å². The molecule has 0 saturated carbocycles. The number of nitrogens with two attached hydrogens (primary N) is 2. The molecule has 0 aromatic heterocycles. The first kappa shape index (κ1) is 18.3. The summed E-state index contributed by atoms with van der Waals surface area (Å²) in [5, 5.41) is 9.01. The highest BCUT2D eigenvalue weighted by atomic mass is 16.5. The highest BCUT2D eigenvalue weighted by molar-refractivity contribution is 5.95. The lowest BCUT2D eigenvalue weighted by atomic mass is 10.1. The lowest BCUT2D eigenvalue weighted by molar-refractivity contribution is -0.117. The van der Waals surface area contributed by atoms with Crippen LogP contribution >= 0.6 is 0 Å². The third-order valence-electron chi connectivity index (χ3n) is 4.40. The van der Waals surface area contributed by atoms with Gasteiger partial charge >= 0.3 is 0 Å². The molecule has 1 heterocycles. The lowest BCUT2D eigenvalue weighted by Crippen LogP contribution is -2.23. The molecular formula is C20H21N5O2. The maximum Gasteiger partial charge on any atom is 0.227 e. The van der Waals surface area contributed by atoms with Crippen molar-refractivity contribution in [2.45, 2.75) is 19.4 Å². The van der Waals surface area contributed by atoms with Crippen molar-refractivity contribution >= 4 is 17.3 Å². The third-order valence-corrected chi connectivity index (χ3v) is 4.40. The molecule has 0 atom stereocenters. The third kappa shape index (κ3) is 4.19. The zero-order valence-corrected chi connectivity index (χ0v) is 14.8. The molecule has 0 unspecified atom stereocenters. The Bertz CT molecular complexity index is 899. The van der Waals surface area contributed by atoms with Crippen LogP contribution in [0.1, 0.15) is 24.0 Å². The standard InChI is InChI=1S/C20H21N5O2/c21-12-18(24-23)20(22)15-3-1-4-17(11-15)27-13-14-6-8-16(9-7-14)25-10-2-5-19(25)26/h1,3-4,6-9,11,24H,2,5,10,13,22-23H2/b20-18-. The topological polar surface area (TPSA) is 117 Å². The number of hydrogen-bond acceptors (Lipinski definition) is 6. The van der Waals surface area contributed by atoms with Crippen LogP contribution in [0.2, 0.25) is 0 Å². The van der Waals surface area contributed by atoms with Gasteiger partial charge in [-0.05, 0) is 36.2 Å². The number of carbonyl (C=O) groups is 1. The molecule has 7 nitrogen and oxygen atoms in total. The Morgan fingerprint density at radius 1 is 1.26 bits per heavy atom. The first-order chi connectivity index (χ1) is 13.1. The number of allylic oxidation sites excluding steroid dienone is 1. The van der Waals surface area contributed by atoms with E-state index in [1.165, 1.54) is 0 Å². The molecule has 27 heavy (non-hydrogen) atoms. The van der Waals surface area contributed by atoms with Crippen molar-refractivity contribution in [3.05, 3.63) is 65.4 Å². The van der Waals surface area contributed by atoms with E-state index in [4.69, 9.17) is 21.6 Å². The molecule has 1 aliphatic heterocycles. The number of benzene rings is 2. The van der Waals surface area contributed by atoms with Gasteiger partial charge in [-0.3, -0.25) is 4.79 Å². The molecular weight excluding hydrogens is 342 g/mol. The molecule has 5 N–H and O–H groups in total. The maximum absolute atomic E-state index is 11.8. The van der Waals surface area contributed by atoms with E-state index in [1.807, 2.05) is 41.3 Å². The molecule has 1 saturated heterocycles. The van der Waals surface area contributed by atoms with Gasteiger partial charge in [-0.1, -0.05) is 24.3 Å². The molecule has 1 fully saturated rings. The average molecular weight is 363 g/mol. The zero-order valence-electron chi connectivity index (χ0n) is 14.8. The molecule has 1 amide bonds. The number of nitrogens with zero attached hydrogens (tertiary/aromatic N) is 2. The Balaban J connectivity index is 1.67. The number of carbonyl (C=O) groups excluding carboxylic acids is 1. The Kier molecular flexibility index (Phi) is 5.59. The van der Waals surface area contributed by atoms with Gasteiger partial charge in [0.1, 0.15) is 18.4 Å². The minimum atomic E-state index is 0.0965. The summed E-state index contributed by atoms with van der Waals surface area (Å²) < 4.78 is 5.82. The number of hydrogen-bond donors (Lipinski definition) is 3. The average Bonchev–Trinajstić information content (AvgIpc) is 3.14. The van der Waals surface area contributed by atoms with Crippen LogP contribution in [-0.4, -0.2) is 12.5 Å². The Hall–Kier alpha value is -3.50. The fourth-order valence-corrected chi connectivity index (χ4v) is 2.93. The van der Waals surface area contributed by atoms with Crippen molar-refractivity contribution in [1.82, 2.24) is 5.43 Å². The monoisotopic (exact) mass is 363 g/mol. The molecule has 0 bridgehead atoms. The summed E-state index contributed by atoms with van der Waals surface area (Å²) in [5.74, 6) is 6.09. The molecule has 138 valence electrons. The molecule has 2 aromatic rings. The van der Waals surface area contributed by atoms with Gasteiger partial charge in [0.2, 0.25) is 5.91 Å². The number of rotatable bonds is 6. The van der Waals surface area contributed by atoms with Gasteiger partial charge in [0.15, 0.2) is 5.70 Å². The molecule has 0 aliphatic carbocycles. The van der Waals surface area contributed by atoms with E-state index in [0.717, 1.165) is 24.2 Å². The van der Waals surface area contributed by atoms with Crippen molar-refractivity contribution in [2.24, 2.45) is 11.6 Å². The van der Waals surface area contributed by atoms with Gasteiger partial charge in [-0.25, -0.2) is 5.84 Å². The SMILES string of the molecule is N#C/C(NN)=C(/N)c1cccc(OCc2ccc(N3CCCC3=O)cc2)c1. The number of anilines is 1. The normalized spacial score (nSPS) is 14.5. The van der Waals surface area contributed by atoms with E-state index < -0.39 is 0 Å². The van der Waals surface area contributed by atoms with Crippen LogP contribution in [0.15, 0.2) is 54.2 Å². The van der Waals surface area contributed by atoms with Crippen LogP contribution in [-0.2, 0) is 11.4 Å². The van der Waals surface area contributed by atoms with Crippen molar-refractivity contribution in [2.75, 3.05) is 11.4 Å². The number of nitriles is 1. The van der Waals surface area contributed by atoms with Crippen molar-refractivity contribution in [3.63, 3.8) is 0 Å². The van der Waals surface area contributed by atoms with Crippen molar-refractivity contribution in [1.29, 1.82) is 5.26 Å². The summed E-state index contributed by atoms with van der Waals surface area (Å²) in [6, 6.07) is 16.8. The molecule has 0 radical (unpaired) electrons. The van der Waals surface area contributed by atoms with Gasteiger partial charge < -0.3 is 20.8 Å². The molecule has 0 spiro atoms. The zero-order chi connectivity index (χ0) is 19.2. The van der Waals surface area contributed by atoms with E-state index in [9.17, 15) is 4.79 Å². The van der Waals surface area contributed by atoms with Crippen LogP contribution in [0, 0.1) is 11.3 Å². The smallest absolute Gasteiger partial charge is 0.227 e. The number of hydrazine groups is 1. The second kappa shape index (κ2) is 8.25. The Morgan fingerprint density at radius 2 is 2.04 bits per heavy atom. The molecule has 3 rings (SSSR count). The Labute approximate surface area is 157 Å². The summed E-state index contributed by atoms with van der Waals surface area (Å²) in [5.41, 5.74) is 11.1. The summed E-state index contributed by atoms with van der Waals surface area (Å²) >= 11 is 0. The number of nitrogens with one attached hydrogen (secondary N) is 1. The van der Waals surface area contributed by atoms with E-state index in [-0.39, 0.29) is 17.3 Å². The lowest BCUT2D eigenvalue weighted by Gasteiger charge is -2.16. The highest BCUT2D eigenvalue weighted by Gasteiger charge is 2.21. The minimum Gasteiger partial charge on any atom is -0.489 e. The predicted octanol–water partition coefficient (Wildman–Crippen LogP) is 2.01. The van der Waals surface area contributed by atoms with Crippen molar-refractivity contribution in [3.8, 4) is 11.8 Å². The first-order valence-electron chi connectivity index (χ1n) is 8.61.